The van der Waals surface area contributed by atoms with Crippen molar-refractivity contribution >= 4 is 25.6 Å². The van der Waals surface area contributed by atoms with Gasteiger partial charge in [-0.1, -0.05) is 13.3 Å². The highest BCUT2D eigenvalue weighted by molar-refractivity contribution is 8.13. The standard InChI is InChI=1S/C15H20ClNO3S/c1-10-3-4-12(7-10)9-17-15(18)14-6-5-13(8-11(14)2)21(16,19)20/h5-6,8,10,12H,3-4,7,9H2,1-2H3,(H,17,18). The van der Waals surface area contributed by atoms with Gasteiger partial charge in [0.1, 0.15) is 0 Å². The van der Waals surface area contributed by atoms with Gasteiger partial charge in [-0.15, -0.1) is 0 Å². The maximum atomic E-state index is 12.2. The lowest BCUT2D eigenvalue weighted by molar-refractivity contribution is 0.0946. The first-order valence-corrected chi connectivity index (χ1v) is 9.42. The predicted molar refractivity (Wildman–Crippen MR) is 83.1 cm³/mol. The quantitative estimate of drug-likeness (QED) is 0.863. The molecule has 2 atom stereocenters. The second kappa shape index (κ2) is 6.36. The van der Waals surface area contributed by atoms with Crippen LogP contribution in [0.2, 0.25) is 0 Å². The number of carbonyl (C=O) groups is 1. The van der Waals surface area contributed by atoms with Gasteiger partial charge in [-0.2, -0.15) is 0 Å². The summed E-state index contributed by atoms with van der Waals surface area (Å²) in [4.78, 5) is 12.2. The molecule has 2 unspecified atom stereocenters. The molecule has 2 rings (SSSR count). The topological polar surface area (TPSA) is 63.2 Å². The Balaban J connectivity index is 2.03. The molecule has 1 N–H and O–H groups in total. The van der Waals surface area contributed by atoms with Crippen LogP contribution in [-0.2, 0) is 9.05 Å². The van der Waals surface area contributed by atoms with Crippen LogP contribution in [0, 0.1) is 18.8 Å². The molecule has 1 aromatic rings. The van der Waals surface area contributed by atoms with Crippen LogP contribution in [0.3, 0.4) is 0 Å². The first-order chi connectivity index (χ1) is 9.77. The summed E-state index contributed by atoms with van der Waals surface area (Å²) in [6, 6.07) is 4.30. The minimum atomic E-state index is -3.76. The molecule has 0 saturated heterocycles. The highest BCUT2D eigenvalue weighted by atomic mass is 35.7. The van der Waals surface area contributed by atoms with Gasteiger partial charge in [-0.05, 0) is 55.4 Å². The second-order valence-corrected chi connectivity index (χ2v) is 8.47. The molecule has 1 amide bonds. The van der Waals surface area contributed by atoms with Crippen molar-refractivity contribution in [2.24, 2.45) is 11.8 Å². The van der Waals surface area contributed by atoms with E-state index < -0.39 is 9.05 Å². The van der Waals surface area contributed by atoms with E-state index in [-0.39, 0.29) is 10.8 Å². The fourth-order valence-electron chi connectivity index (χ4n) is 2.89. The van der Waals surface area contributed by atoms with Crippen molar-refractivity contribution in [1.82, 2.24) is 5.32 Å². The third-order valence-electron chi connectivity index (χ3n) is 4.08. The molecule has 1 aliphatic carbocycles. The third kappa shape index (κ3) is 4.20. The van der Waals surface area contributed by atoms with Crippen molar-refractivity contribution in [3.63, 3.8) is 0 Å². The molecule has 1 saturated carbocycles. The number of aryl methyl sites for hydroxylation is 1. The molecule has 0 aromatic heterocycles. The zero-order valence-electron chi connectivity index (χ0n) is 12.2. The number of rotatable bonds is 4. The fourth-order valence-corrected chi connectivity index (χ4v) is 3.72. The summed E-state index contributed by atoms with van der Waals surface area (Å²) >= 11 is 0. The van der Waals surface area contributed by atoms with Gasteiger partial charge < -0.3 is 5.32 Å². The summed E-state index contributed by atoms with van der Waals surface area (Å²) in [5, 5.41) is 2.94. The van der Waals surface area contributed by atoms with Gasteiger partial charge in [0.05, 0.1) is 4.90 Å². The maximum absolute atomic E-state index is 12.2. The Morgan fingerprint density at radius 2 is 2.10 bits per heavy atom. The summed E-state index contributed by atoms with van der Waals surface area (Å²) in [6.07, 6.45) is 3.54. The van der Waals surface area contributed by atoms with E-state index in [0.29, 0.717) is 23.6 Å². The average molecular weight is 330 g/mol. The molecule has 1 aromatic carbocycles. The highest BCUT2D eigenvalue weighted by Gasteiger charge is 2.22. The Morgan fingerprint density at radius 1 is 1.38 bits per heavy atom. The van der Waals surface area contributed by atoms with Crippen LogP contribution in [0.5, 0.6) is 0 Å². The van der Waals surface area contributed by atoms with Crippen LogP contribution >= 0.6 is 10.7 Å². The van der Waals surface area contributed by atoms with Gasteiger partial charge in [0.15, 0.2) is 0 Å². The minimum absolute atomic E-state index is 0.0165. The van der Waals surface area contributed by atoms with E-state index in [1.54, 1.807) is 6.92 Å². The van der Waals surface area contributed by atoms with E-state index in [1.807, 2.05) is 0 Å². The molecule has 0 radical (unpaired) electrons. The summed E-state index contributed by atoms with van der Waals surface area (Å²) in [5.74, 6) is 1.12. The molecule has 0 aliphatic heterocycles. The summed E-state index contributed by atoms with van der Waals surface area (Å²) < 4.78 is 22.5. The number of halogens is 1. The van der Waals surface area contributed by atoms with E-state index in [1.165, 1.54) is 24.6 Å². The van der Waals surface area contributed by atoms with Crippen LogP contribution in [0.15, 0.2) is 23.1 Å². The van der Waals surface area contributed by atoms with Crippen LogP contribution < -0.4 is 5.32 Å². The molecular formula is C15H20ClNO3S. The van der Waals surface area contributed by atoms with Crippen molar-refractivity contribution in [3.8, 4) is 0 Å². The van der Waals surface area contributed by atoms with Crippen molar-refractivity contribution in [2.45, 2.75) is 38.0 Å². The van der Waals surface area contributed by atoms with Crippen LogP contribution in [-0.4, -0.2) is 20.9 Å². The molecule has 0 bridgehead atoms. The van der Waals surface area contributed by atoms with E-state index in [4.69, 9.17) is 10.7 Å². The number of hydrogen-bond acceptors (Lipinski definition) is 3. The Hall–Kier alpha value is -1.07. The molecular weight excluding hydrogens is 310 g/mol. The fraction of sp³-hybridized carbons (Fsp3) is 0.533. The zero-order chi connectivity index (χ0) is 15.6. The molecule has 4 nitrogen and oxygen atoms in total. The first-order valence-electron chi connectivity index (χ1n) is 7.11. The summed E-state index contributed by atoms with van der Waals surface area (Å²) in [7, 11) is 1.54. The normalized spacial score (nSPS) is 22.2. The number of benzene rings is 1. The molecule has 0 heterocycles. The van der Waals surface area contributed by atoms with Crippen LogP contribution in [0.4, 0.5) is 0 Å². The van der Waals surface area contributed by atoms with Gasteiger partial charge in [0, 0.05) is 22.8 Å². The number of hydrogen-bond donors (Lipinski definition) is 1. The van der Waals surface area contributed by atoms with Gasteiger partial charge in [-0.3, -0.25) is 4.79 Å². The largest absolute Gasteiger partial charge is 0.352 e. The first kappa shape index (κ1) is 16.3. The predicted octanol–water partition coefficient (Wildman–Crippen LogP) is 3.09. The number of carbonyl (C=O) groups excluding carboxylic acids is 1. The number of nitrogens with one attached hydrogen (secondary N) is 1. The molecule has 6 heteroatoms. The van der Waals surface area contributed by atoms with Crippen molar-refractivity contribution in [1.29, 1.82) is 0 Å². The van der Waals surface area contributed by atoms with E-state index in [2.05, 4.69) is 12.2 Å². The lowest BCUT2D eigenvalue weighted by atomic mass is 10.1. The van der Waals surface area contributed by atoms with E-state index >= 15 is 0 Å². The highest BCUT2D eigenvalue weighted by Crippen LogP contribution is 2.29. The summed E-state index contributed by atoms with van der Waals surface area (Å²) in [6.45, 7) is 4.62. The molecule has 0 spiro atoms. The SMILES string of the molecule is Cc1cc(S(=O)(=O)Cl)ccc1C(=O)NCC1CCC(C)C1. The monoisotopic (exact) mass is 329 g/mol. The van der Waals surface area contributed by atoms with Crippen LogP contribution in [0.1, 0.15) is 42.1 Å². The molecule has 116 valence electrons. The van der Waals surface area contributed by atoms with Gasteiger partial charge in [0.25, 0.3) is 15.0 Å². The second-order valence-electron chi connectivity index (χ2n) is 5.91. The third-order valence-corrected chi connectivity index (χ3v) is 5.43. The lowest BCUT2D eigenvalue weighted by Gasteiger charge is -2.12. The molecule has 1 aliphatic rings. The Labute approximate surface area is 130 Å². The Kier molecular flexibility index (Phi) is 4.94. The van der Waals surface area contributed by atoms with Crippen molar-refractivity contribution in [2.75, 3.05) is 6.54 Å². The van der Waals surface area contributed by atoms with Crippen LogP contribution in [0.25, 0.3) is 0 Å². The smallest absolute Gasteiger partial charge is 0.261 e. The number of amides is 1. The van der Waals surface area contributed by atoms with Gasteiger partial charge in [0.2, 0.25) is 0 Å². The maximum Gasteiger partial charge on any atom is 0.261 e. The van der Waals surface area contributed by atoms with E-state index in [9.17, 15) is 13.2 Å². The Bertz CT molecular complexity index is 642. The molecule has 21 heavy (non-hydrogen) atoms. The van der Waals surface area contributed by atoms with Crippen molar-refractivity contribution in [3.05, 3.63) is 29.3 Å². The average Bonchev–Trinajstić information content (AvgIpc) is 2.80. The minimum Gasteiger partial charge on any atom is -0.352 e. The van der Waals surface area contributed by atoms with E-state index in [0.717, 1.165) is 18.8 Å². The lowest BCUT2D eigenvalue weighted by Crippen LogP contribution is -2.29. The van der Waals surface area contributed by atoms with Gasteiger partial charge >= 0.3 is 0 Å². The van der Waals surface area contributed by atoms with Gasteiger partial charge in [-0.25, -0.2) is 8.42 Å². The molecule has 1 fully saturated rings. The summed E-state index contributed by atoms with van der Waals surface area (Å²) in [5.41, 5.74) is 1.10. The van der Waals surface area contributed by atoms with Crippen molar-refractivity contribution < 1.29 is 13.2 Å². The zero-order valence-corrected chi connectivity index (χ0v) is 13.8. The Morgan fingerprint density at radius 3 is 2.62 bits per heavy atom.